The van der Waals surface area contributed by atoms with Gasteiger partial charge in [-0.15, -0.1) is 0 Å². The Morgan fingerprint density at radius 2 is 1.81 bits per heavy atom. The van der Waals surface area contributed by atoms with E-state index in [0.717, 1.165) is 22.4 Å². The molecule has 0 aliphatic heterocycles. The number of aryl methyl sites for hydroxylation is 2. The van der Waals surface area contributed by atoms with Crippen molar-refractivity contribution >= 4 is 21.7 Å². The Balaban J connectivity index is 1.96. The summed E-state index contributed by atoms with van der Waals surface area (Å²) in [5, 5.41) is 0. The molecule has 4 nitrogen and oxygen atoms in total. The van der Waals surface area contributed by atoms with Crippen LogP contribution in [0.1, 0.15) is 45.8 Å². The van der Waals surface area contributed by atoms with Gasteiger partial charge in [0, 0.05) is 40.2 Å². The molecule has 0 amide bonds. The third-order valence-corrected chi connectivity index (χ3v) is 5.60. The minimum atomic E-state index is -0.567. The summed E-state index contributed by atoms with van der Waals surface area (Å²) in [5.41, 5.74) is 4.90. The number of carbonyl (C=O) groups excluding carboxylic acids is 1. The molecule has 140 valence electrons. The SMILES string of the molecule is Cc1ccccc1Cn1c(C)cc(C(=O)C(C)n2cc(Br)ccc2=O)c1C. The van der Waals surface area contributed by atoms with Crippen molar-refractivity contribution in [2.75, 3.05) is 0 Å². The van der Waals surface area contributed by atoms with Crippen molar-refractivity contribution in [3.63, 3.8) is 0 Å². The highest BCUT2D eigenvalue weighted by molar-refractivity contribution is 9.10. The average Bonchev–Trinajstić information content (AvgIpc) is 2.92. The quantitative estimate of drug-likeness (QED) is 0.548. The maximum atomic E-state index is 13.1. The molecule has 1 atom stereocenters. The molecule has 1 unspecified atom stereocenters. The molecular weight excluding hydrogens is 404 g/mol. The molecule has 0 radical (unpaired) electrons. The first-order valence-corrected chi connectivity index (χ1v) is 9.72. The molecule has 0 aliphatic carbocycles. The Kier molecular flexibility index (Phi) is 5.51. The molecule has 0 bridgehead atoms. The van der Waals surface area contributed by atoms with Crippen LogP contribution in [-0.4, -0.2) is 14.9 Å². The molecule has 27 heavy (non-hydrogen) atoms. The van der Waals surface area contributed by atoms with Crippen molar-refractivity contribution in [1.82, 2.24) is 9.13 Å². The van der Waals surface area contributed by atoms with Gasteiger partial charge in [0.15, 0.2) is 5.78 Å². The van der Waals surface area contributed by atoms with Crippen molar-refractivity contribution in [2.24, 2.45) is 0 Å². The lowest BCUT2D eigenvalue weighted by molar-refractivity contribution is 0.0932. The Morgan fingerprint density at radius 3 is 2.52 bits per heavy atom. The van der Waals surface area contributed by atoms with Gasteiger partial charge in [0.1, 0.15) is 0 Å². The number of pyridine rings is 1. The molecule has 2 aromatic heterocycles. The summed E-state index contributed by atoms with van der Waals surface area (Å²) in [6.07, 6.45) is 1.66. The fraction of sp³-hybridized carbons (Fsp3) is 0.273. The molecule has 5 heteroatoms. The Hall–Kier alpha value is -2.40. The first kappa shape index (κ1) is 19.4. The summed E-state index contributed by atoms with van der Waals surface area (Å²) in [6.45, 7) is 8.57. The van der Waals surface area contributed by atoms with Gasteiger partial charge in [-0.05, 0) is 66.9 Å². The van der Waals surface area contributed by atoms with Crippen LogP contribution in [0.5, 0.6) is 0 Å². The van der Waals surface area contributed by atoms with Crippen molar-refractivity contribution in [1.29, 1.82) is 0 Å². The maximum Gasteiger partial charge on any atom is 0.251 e. The highest BCUT2D eigenvalue weighted by Crippen LogP contribution is 2.23. The van der Waals surface area contributed by atoms with Gasteiger partial charge in [0.2, 0.25) is 0 Å². The molecule has 0 saturated carbocycles. The summed E-state index contributed by atoms with van der Waals surface area (Å²) >= 11 is 3.37. The van der Waals surface area contributed by atoms with Crippen LogP contribution in [0.15, 0.2) is 57.9 Å². The zero-order valence-corrected chi connectivity index (χ0v) is 17.6. The van der Waals surface area contributed by atoms with Crippen LogP contribution in [0.3, 0.4) is 0 Å². The Labute approximate surface area is 167 Å². The van der Waals surface area contributed by atoms with Crippen LogP contribution >= 0.6 is 15.9 Å². The number of ketones is 1. The highest BCUT2D eigenvalue weighted by Gasteiger charge is 2.23. The van der Waals surface area contributed by atoms with Crippen molar-refractivity contribution in [2.45, 2.75) is 40.3 Å². The lowest BCUT2D eigenvalue weighted by Crippen LogP contribution is -2.27. The summed E-state index contributed by atoms with van der Waals surface area (Å²) in [5.74, 6) is -0.0562. The third kappa shape index (κ3) is 3.83. The summed E-state index contributed by atoms with van der Waals surface area (Å²) < 4.78 is 4.40. The smallest absolute Gasteiger partial charge is 0.251 e. The number of benzene rings is 1. The van der Waals surface area contributed by atoms with E-state index in [1.54, 1.807) is 19.2 Å². The third-order valence-electron chi connectivity index (χ3n) is 5.13. The lowest BCUT2D eigenvalue weighted by Gasteiger charge is -2.15. The van der Waals surface area contributed by atoms with E-state index in [1.165, 1.54) is 21.8 Å². The molecule has 3 aromatic rings. The van der Waals surface area contributed by atoms with E-state index in [9.17, 15) is 9.59 Å². The number of carbonyl (C=O) groups is 1. The van der Waals surface area contributed by atoms with Gasteiger partial charge in [-0.1, -0.05) is 24.3 Å². The number of rotatable bonds is 5. The van der Waals surface area contributed by atoms with E-state index in [4.69, 9.17) is 0 Å². The fourth-order valence-electron chi connectivity index (χ4n) is 3.38. The first-order valence-electron chi connectivity index (χ1n) is 8.92. The molecule has 0 N–H and O–H groups in total. The first-order chi connectivity index (χ1) is 12.8. The van der Waals surface area contributed by atoms with Gasteiger partial charge >= 0.3 is 0 Å². The normalized spacial score (nSPS) is 12.2. The van der Waals surface area contributed by atoms with Crippen molar-refractivity contribution in [3.8, 4) is 0 Å². The second kappa shape index (κ2) is 7.69. The summed E-state index contributed by atoms with van der Waals surface area (Å²) in [6, 6.07) is 12.8. The van der Waals surface area contributed by atoms with Gasteiger partial charge in [0.25, 0.3) is 5.56 Å². The van der Waals surface area contributed by atoms with Crippen LogP contribution in [0.4, 0.5) is 0 Å². The number of hydrogen-bond donors (Lipinski definition) is 0. The molecule has 0 fully saturated rings. The van der Waals surface area contributed by atoms with E-state index in [2.05, 4.69) is 39.6 Å². The molecule has 3 rings (SSSR count). The van der Waals surface area contributed by atoms with Gasteiger partial charge < -0.3 is 9.13 Å². The van der Waals surface area contributed by atoms with Gasteiger partial charge in [0.05, 0.1) is 6.04 Å². The maximum absolute atomic E-state index is 13.1. The molecule has 2 heterocycles. The largest absolute Gasteiger partial charge is 0.344 e. The van der Waals surface area contributed by atoms with Crippen LogP contribution in [0, 0.1) is 20.8 Å². The van der Waals surface area contributed by atoms with Gasteiger partial charge in [-0.25, -0.2) is 0 Å². The Bertz CT molecular complexity index is 1060. The molecule has 0 spiro atoms. The second-order valence-corrected chi connectivity index (χ2v) is 7.85. The number of nitrogens with zero attached hydrogens (tertiary/aromatic N) is 2. The zero-order valence-electron chi connectivity index (χ0n) is 16.0. The van der Waals surface area contributed by atoms with E-state index in [0.29, 0.717) is 5.56 Å². The number of halogens is 1. The van der Waals surface area contributed by atoms with Crippen LogP contribution in [0.25, 0.3) is 0 Å². The number of hydrogen-bond acceptors (Lipinski definition) is 2. The van der Waals surface area contributed by atoms with Crippen LogP contribution < -0.4 is 5.56 Å². The van der Waals surface area contributed by atoms with Crippen LogP contribution in [-0.2, 0) is 6.54 Å². The Morgan fingerprint density at radius 1 is 1.11 bits per heavy atom. The summed E-state index contributed by atoms with van der Waals surface area (Å²) in [4.78, 5) is 25.3. The second-order valence-electron chi connectivity index (χ2n) is 6.93. The van der Waals surface area contributed by atoms with Crippen molar-refractivity contribution < 1.29 is 4.79 Å². The van der Waals surface area contributed by atoms with E-state index >= 15 is 0 Å². The predicted octanol–water partition coefficient (Wildman–Crippen LogP) is 4.83. The minimum Gasteiger partial charge on any atom is -0.344 e. The topological polar surface area (TPSA) is 44.0 Å². The summed E-state index contributed by atoms with van der Waals surface area (Å²) in [7, 11) is 0. The van der Waals surface area contributed by atoms with E-state index in [-0.39, 0.29) is 11.3 Å². The van der Waals surface area contributed by atoms with Gasteiger partial charge in [-0.2, -0.15) is 0 Å². The van der Waals surface area contributed by atoms with E-state index in [1.807, 2.05) is 32.0 Å². The monoisotopic (exact) mass is 426 g/mol. The zero-order chi connectivity index (χ0) is 19.7. The number of aromatic nitrogens is 2. The van der Waals surface area contributed by atoms with Crippen LogP contribution in [0.2, 0.25) is 0 Å². The molecular formula is C22H23BrN2O2. The standard InChI is InChI=1S/C22H23BrN2O2/c1-14-7-5-6-8-18(14)12-24-15(2)11-20(16(24)3)22(27)17(4)25-13-19(23)9-10-21(25)26/h5-11,13,17H,12H2,1-4H3. The van der Waals surface area contributed by atoms with Gasteiger partial charge in [-0.3, -0.25) is 9.59 Å². The molecule has 1 aromatic carbocycles. The average molecular weight is 427 g/mol. The molecule has 0 saturated heterocycles. The van der Waals surface area contributed by atoms with Crippen molar-refractivity contribution in [3.05, 3.63) is 91.6 Å². The highest BCUT2D eigenvalue weighted by atomic mass is 79.9. The van der Waals surface area contributed by atoms with E-state index < -0.39 is 6.04 Å². The number of Topliss-reactive ketones (excluding diaryl/α,β-unsaturated/α-hetero) is 1. The fourth-order valence-corrected chi connectivity index (χ4v) is 3.73. The lowest BCUT2D eigenvalue weighted by atomic mass is 10.1. The minimum absolute atomic E-state index is 0.0562. The molecule has 0 aliphatic rings. The predicted molar refractivity (Wildman–Crippen MR) is 112 cm³/mol.